The maximum Gasteiger partial charge on any atom is 0.312 e. The first-order valence-electron chi connectivity index (χ1n) is 11.1. The van der Waals surface area contributed by atoms with Gasteiger partial charge in [-0.1, -0.05) is 24.6 Å². The third kappa shape index (κ3) is 4.20. The summed E-state index contributed by atoms with van der Waals surface area (Å²) in [4.78, 5) is 20.0. The molecule has 0 aromatic heterocycles. The number of ether oxygens (including phenoxy) is 1. The fraction of sp³-hybridized carbons (Fsp3) is 0.696. The zero-order valence-electron chi connectivity index (χ0n) is 17.5. The summed E-state index contributed by atoms with van der Waals surface area (Å²) in [5.74, 6) is 0.0810. The monoisotopic (exact) mass is 385 g/mol. The molecule has 1 unspecified atom stereocenters. The van der Waals surface area contributed by atoms with Crippen molar-refractivity contribution < 1.29 is 9.53 Å². The van der Waals surface area contributed by atoms with Crippen LogP contribution < -0.4 is 4.90 Å². The SMILES string of the molecule is CCN1CCC2(CC1)CC(CCN1CCN(c3ccc(C)cc3)CC1)OC2=O. The Morgan fingerprint density at radius 2 is 1.68 bits per heavy atom. The van der Waals surface area contributed by atoms with Gasteiger partial charge in [-0.25, -0.2) is 0 Å². The van der Waals surface area contributed by atoms with Crippen molar-refractivity contribution in [1.29, 1.82) is 0 Å². The number of carbonyl (C=O) groups is 1. The number of likely N-dealkylation sites (tertiary alicyclic amines) is 1. The zero-order valence-corrected chi connectivity index (χ0v) is 17.5. The Morgan fingerprint density at radius 3 is 2.32 bits per heavy atom. The quantitative estimate of drug-likeness (QED) is 0.729. The van der Waals surface area contributed by atoms with Gasteiger partial charge in [0.2, 0.25) is 0 Å². The molecule has 3 saturated heterocycles. The molecular formula is C23H35N3O2. The van der Waals surface area contributed by atoms with Gasteiger partial charge in [-0.3, -0.25) is 9.69 Å². The number of cyclic esters (lactones) is 1. The normalized spacial score (nSPS) is 26.0. The summed E-state index contributed by atoms with van der Waals surface area (Å²) >= 11 is 0. The molecule has 1 aromatic rings. The lowest BCUT2D eigenvalue weighted by Gasteiger charge is -2.36. The van der Waals surface area contributed by atoms with E-state index in [1.54, 1.807) is 0 Å². The van der Waals surface area contributed by atoms with Gasteiger partial charge in [-0.2, -0.15) is 0 Å². The summed E-state index contributed by atoms with van der Waals surface area (Å²) in [6.45, 7) is 12.9. The van der Waals surface area contributed by atoms with E-state index < -0.39 is 0 Å². The number of piperidine rings is 1. The van der Waals surface area contributed by atoms with E-state index >= 15 is 0 Å². The fourth-order valence-electron chi connectivity index (χ4n) is 5.02. The minimum Gasteiger partial charge on any atom is -0.462 e. The molecule has 0 radical (unpaired) electrons. The molecule has 3 fully saturated rings. The molecule has 0 saturated carbocycles. The largest absolute Gasteiger partial charge is 0.462 e. The number of esters is 1. The maximum atomic E-state index is 12.6. The highest BCUT2D eigenvalue weighted by Gasteiger charge is 2.50. The van der Waals surface area contributed by atoms with Gasteiger partial charge in [-0.05, 0) is 58.0 Å². The van der Waals surface area contributed by atoms with Crippen LogP contribution in [0.4, 0.5) is 5.69 Å². The number of carbonyl (C=O) groups excluding carboxylic acids is 1. The summed E-state index contributed by atoms with van der Waals surface area (Å²) in [7, 11) is 0. The molecule has 3 aliphatic heterocycles. The van der Waals surface area contributed by atoms with E-state index in [0.717, 1.165) is 78.0 Å². The lowest BCUT2D eigenvalue weighted by molar-refractivity contribution is -0.151. The zero-order chi connectivity index (χ0) is 19.6. The molecule has 5 nitrogen and oxygen atoms in total. The number of hydrogen-bond acceptors (Lipinski definition) is 5. The molecule has 1 spiro atoms. The third-order valence-corrected chi connectivity index (χ3v) is 7.12. The average Bonchev–Trinajstić information content (AvgIpc) is 3.03. The second-order valence-corrected chi connectivity index (χ2v) is 8.90. The van der Waals surface area contributed by atoms with Crippen LogP contribution in [0.3, 0.4) is 0 Å². The van der Waals surface area contributed by atoms with Crippen molar-refractivity contribution in [2.75, 3.05) is 57.3 Å². The van der Waals surface area contributed by atoms with Gasteiger partial charge in [0.25, 0.3) is 0 Å². The van der Waals surface area contributed by atoms with Crippen LogP contribution in [0.25, 0.3) is 0 Å². The fourth-order valence-corrected chi connectivity index (χ4v) is 5.02. The van der Waals surface area contributed by atoms with Crippen molar-refractivity contribution >= 4 is 11.7 Å². The standard InChI is InChI=1S/C23H35N3O2/c1-3-24-12-9-23(10-13-24)18-21(28-22(23)27)8-11-25-14-16-26(17-15-25)20-6-4-19(2)5-7-20/h4-7,21H,3,8-18H2,1-2H3. The molecule has 3 heterocycles. The molecule has 1 aromatic carbocycles. The van der Waals surface area contributed by atoms with Crippen LogP contribution in [0.2, 0.25) is 0 Å². The Balaban J connectivity index is 1.22. The number of aryl methyl sites for hydroxylation is 1. The van der Waals surface area contributed by atoms with E-state index in [1.165, 1.54) is 11.3 Å². The van der Waals surface area contributed by atoms with Gasteiger partial charge in [0, 0.05) is 44.8 Å². The van der Waals surface area contributed by atoms with E-state index in [4.69, 9.17) is 4.74 Å². The predicted octanol–water partition coefficient (Wildman–Crippen LogP) is 2.92. The number of anilines is 1. The van der Waals surface area contributed by atoms with Gasteiger partial charge < -0.3 is 14.5 Å². The van der Waals surface area contributed by atoms with E-state index in [2.05, 4.69) is 52.8 Å². The third-order valence-electron chi connectivity index (χ3n) is 7.12. The second-order valence-electron chi connectivity index (χ2n) is 8.90. The Bertz CT molecular complexity index is 659. The molecule has 1 atom stereocenters. The molecule has 3 aliphatic rings. The summed E-state index contributed by atoms with van der Waals surface area (Å²) in [6.07, 6.45) is 4.00. The predicted molar refractivity (Wildman–Crippen MR) is 113 cm³/mol. The Kier molecular flexibility index (Phi) is 5.93. The number of benzene rings is 1. The van der Waals surface area contributed by atoms with E-state index in [-0.39, 0.29) is 17.5 Å². The number of hydrogen-bond donors (Lipinski definition) is 0. The van der Waals surface area contributed by atoms with Crippen molar-refractivity contribution in [1.82, 2.24) is 9.80 Å². The van der Waals surface area contributed by atoms with Crippen molar-refractivity contribution in [3.63, 3.8) is 0 Å². The van der Waals surface area contributed by atoms with Crippen molar-refractivity contribution in [3.8, 4) is 0 Å². The molecule has 0 aliphatic carbocycles. The van der Waals surface area contributed by atoms with E-state index in [9.17, 15) is 4.79 Å². The number of rotatable bonds is 5. The topological polar surface area (TPSA) is 36.0 Å². The van der Waals surface area contributed by atoms with Crippen LogP contribution in [0.1, 0.15) is 38.2 Å². The number of piperazine rings is 1. The highest BCUT2D eigenvalue weighted by Crippen LogP contribution is 2.43. The minimum atomic E-state index is -0.180. The van der Waals surface area contributed by atoms with Crippen LogP contribution in [-0.4, -0.2) is 74.2 Å². The molecule has 0 bridgehead atoms. The minimum absolute atomic E-state index is 0.0810. The first-order chi connectivity index (χ1) is 13.6. The Morgan fingerprint density at radius 1 is 1.00 bits per heavy atom. The Labute approximate surface area is 169 Å². The van der Waals surface area contributed by atoms with Gasteiger partial charge in [-0.15, -0.1) is 0 Å². The molecule has 4 rings (SSSR count). The average molecular weight is 386 g/mol. The van der Waals surface area contributed by atoms with Crippen molar-refractivity contribution in [3.05, 3.63) is 29.8 Å². The highest BCUT2D eigenvalue weighted by molar-refractivity contribution is 5.79. The maximum absolute atomic E-state index is 12.6. The molecule has 0 amide bonds. The van der Waals surface area contributed by atoms with Gasteiger partial charge in [0.1, 0.15) is 6.10 Å². The van der Waals surface area contributed by atoms with Crippen LogP contribution in [0.5, 0.6) is 0 Å². The molecule has 5 heteroatoms. The summed E-state index contributed by atoms with van der Waals surface area (Å²) in [5, 5.41) is 0. The smallest absolute Gasteiger partial charge is 0.312 e. The first kappa shape index (κ1) is 19.7. The molecule has 154 valence electrons. The lowest BCUT2D eigenvalue weighted by atomic mass is 9.76. The van der Waals surface area contributed by atoms with Crippen LogP contribution in [0.15, 0.2) is 24.3 Å². The summed E-state index contributed by atoms with van der Waals surface area (Å²) in [5.41, 5.74) is 2.46. The van der Waals surface area contributed by atoms with Gasteiger partial charge >= 0.3 is 5.97 Å². The molecule has 0 N–H and O–H groups in total. The van der Waals surface area contributed by atoms with Gasteiger partial charge in [0.05, 0.1) is 5.41 Å². The highest BCUT2D eigenvalue weighted by atomic mass is 16.6. The van der Waals surface area contributed by atoms with E-state index in [0.29, 0.717) is 0 Å². The first-order valence-corrected chi connectivity index (χ1v) is 11.1. The van der Waals surface area contributed by atoms with Crippen LogP contribution in [-0.2, 0) is 9.53 Å². The molecule has 28 heavy (non-hydrogen) atoms. The van der Waals surface area contributed by atoms with Crippen molar-refractivity contribution in [2.45, 2.75) is 45.6 Å². The van der Waals surface area contributed by atoms with Crippen LogP contribution >= 0.6 is 0 Å². The second kappa shape index (κ2) is 8.42. The number of nitrogens with zero attached hydrogens (tertiary/aromatic N) is 3. The summed E-state index contributed by atoms with van der Waals surface area (Å²) in [6, 6.07) is 8.84. The van der Waals surface area contributed by atoms with Crippen molar-refractivity contribution in [2.24, 2.45) is 5.41 Å². The van der Waals surface area contributed by atoms with Gasteiger partial charge in [0.15, 0.2) is 0 Å². The summed E-state index contributed by atoms with van der Waals surface area (Å²) < 4.78 is 5.82. The lowest BCUT2D eigenvalue weighted by Crippen LogP contribution is -2.47. The van der Waals surface area contributed by atoms with E-state index in [1.807, 2.05) is 0 Å². The molecular weight excluding hydrogens is 350 g/mol. The Hall–Kier alpha value is -1.59. The van der Waals surface area contributed by atoms with Crippen LogP contribution in [0, 0.1) is 12.3 Å².